The Morgan fingerprint density at radius 2 is 0.976 bits per heavy atom. The predicted molar refractivity (Wildman–Crippen MR) is 176 cm³/mol. The Kier molecular flexibility index (Phi) is 22.4. The van der Waals surface area contributed by atoms with Crippen molar-refractivity contribution in [3.05, 3.63) is 70.8 Å². The summed E-state index contributed by atoms with van der Waals surface area (Å²) in [6.45, 7) is 10.7. The highest BCUT2D eigenvalue weighted by molar-refractivity contribution is 8.26. The van der Waals surface area contributed by atoms with Crippen LogP contribution in [0.3, 0.4) is 0 Å². The van der Waals surface area contributed by atoms with Gasteiger partial charge in [-0.1, -0.05) is 46.5 Å². The van der Waals surface area contributed by atoms with E-state index in [2.05, 4.69) is 55.1 Å². The van der Waals surface area contributed by atoms with Gasteiger partial charge in [-0.3, -0.25) is 14.6 Å². The number of likely N-dealkylation sites (N-methyl/N-ethyl adjacent to an activating group) is 2. The summed E-state index contributed by atoms with van der Waals surface area (Å²) in [6, 6.07) is 14.7. The summed E-state index contributed by atoms with van der Waals surface area (Å²) in [5, 5.41) is 8.42. The van der Waals surface area contributed by atoms with E-state index < -0.39 is 20.4 Å². The molecule has 0 aliphatic carbocycles. The van der Waals surface area contributed by atoms with E-state index in [4.69, 9.17) is 20.9 Å². The van der Waals surface area contributed by atoms with E-state index in [1.807, 2.05) is 24.3 Å². The SMILES string of the molecule is C.C.C.CN1CCN(Cc2ccc(C(=O)Cl)cc2)CC1.CN1CCN(Cc2ccc(C(=O)O)cc2)CC1.O=S(Cl)Cl. The molecule has 0 unspecified atom stereocenters. The molecule has 0 saturated carbocycles. The second-order valence-electron chi connectivity index (χ2n) is 9.32. The summed E-state index contributed by atoms with van der Waals surface area (Å²) >= 11 is 5.41. The summed E-state index contributed by atoms with van der Waals surface area (Å²) in [4.78, 5) is 31.1. The monoisotopic (exact) mass is 652 g/mol. The lowest BCUT2D eigenvalue weighted by atomic mass is 10.1. The Hall–Kier alpha value is -1.56. The van der Waals surface area contributed by atoms with Gasteiger partial charge in [-0.2, -0.15) is 0 Å². The van der Waals surface area contributed by atoms with Crippen LogP contribution in [0.2, 0.25) is 0 Å². The molecule has 0 atom stereocenters. The minimum absolute atomic E-state index is 0. The van der Waals surface area contributed by atoms with Gasteiger partial charge in [0.2, 0.25) is 9.23 Å². The van der Waals surface area contributed by atoms with Crippen molar-refractivity contribution in [3.63, 3.8) is 0 Å². The van der Waals surface area contributed by atoms with Crippen LogP contribution in [0.4, 0.5) is 0 Å². The molecule has 2 fully saturated rings. The van der Waals surface area contributed by atoms with Gasteiger partial charge >= 0.3 is 5.97 Å². The first-order valence-corrected chi connectivity index (χ1v) is 15.4. The molecule has 2 aliphatic heterocycles. The molecule has 2 aliphatic rings. The van der Waals surface area contributed by atoms with Gasteiger partial charge in [0.1, 0.15) is 0 Å². The van der Waals surface area contributed by atoms with E-state index in [0.29, 0.717) is 11.1 Å². The summed E-state index contributed by atoms with van der Waals surface area (Å²) in [6.07, 6.45) is 0. The van der Waals surface area contributed by atoms with Crippen molar-refractivity contribution >= 4 is 53.4 Å². The van der Waals surface area contributed by atoms with Gasteiger partial charge in [-0.15, -0.1) is 0 Å². The molecule has 0 bridgehead atoms. The van der Waals surface area contributed by atoms with Crippen LogP contribution in [0, 0.1) is 0 Å². The summed E-state index contributed by atoms with van der Waals surface area (Å²) in [5.74, 6) is -0.865. The number of hydrogen-bond donors (Lipinski definition) is 1. The first-order chi connectivity index (χ1) is 18.0. The topological polar surface area (TPSA) is 84.4 Å². The maximum absolute atomic E-state index is 10.9. The predicted octanol–water partition coefficient (Wildman–Crippen LogP) is 5.90. The van der Waals surface area contributed by atoms with Gasteiger partial charge in [0, 0.05) is 92.4 Å². The van der Waals surface area contributed by atoms with Crippen molar-refractivity contribution in [3.8, 4) is 0 Å². The van der Waals surface area contributed by atoms with Gasteiger partial charge < -0.3 is 14.9 Å². The van der Waals surface area contributed by atoms with Crippen LogP contribution in [-0.4, -0.2) is 107 Å². The third-order valence-electron chi connectivity index (χ3n) is 6.39. The lowest BCUT2D eigenvalue weighted by molar-refractivity contribution is 0.0696. The Balaban J connectivity index is 0. The van der Waals surface area contributed by atoms with Crippen LogP contribution in [0.1, 0.15) is 54.1 Å². The van der Waals surface area contributed by atoms with Crippen LogP contribution in [0.25, 0.3) is 0 Å². The average Bonchev–Trinajstić information content (AvgIpc) is 2.87. The molecule has 4 rings (SSSR count). The molecular weight excluding hydrogens is 607 g/mol. The van der Waals surface area contributed by atoms with E-state index in [1.165, 1.54) is 11.1 Å². The molecule has 12 heteroatoms. The van der Waals surface area contributed by atoms with E-state index >= 15 is 0 Å². The first kappa shape index (κ1) is 41.6. The number of rotatable bonds is 6. The maximum Gasteiger partial charge on any atom is 0.335 e. The van der Waals surface area contributed by atoms with Crippen LogP contribution in [0.15, 0.2) is 48.5 Å². The second kappa shape index (κ2) is 22.0. The zero-order valence-corrected chi connectivity index (χ0v) is 24.8. The number of aromatic carboxylic acids is 1. The highest BCUT2D eigenvalue weighted by Gasteiger charge is 2.15. The van der Waals surface area contributed by atoms with Crippen LogP contribution < -0.4 is 0 Å². The largest absolute Gasteiger partial charge is 0.478 e. The lowest BCUT2D eigenvalue weighted by Crippen LogP contribution is -2.43. The highest BCUT2D eigenvalue weighted by Crippen LogP contribution is 2.11. The zero-order chi connectivity index (χ0) is 28.1. The molecule has 41 heavy (non-hydrogen) atoms. The van der Waals surface area contributed by atoms with Crippen molar-refractivity contribution in [2.75, 3.05) is 66.5 Å². The molecule has 1 N–H and O–H groups in total. The molecule has 2 aromatic carbocycles. The molecule has 0 aromatic heterocycles. The summed E-state index contributed by atoms with van der Waals surface area (Å²) in [5.41, 5.74) is 3.33. The molecule has 0 amide bonds. The number of benzene rings is 2. The van der Waals surface area contributed by atoms with Crippen molar-refractivity contribution in [1.82, 2.24) is 19.6 Å². The average molecular weight is 654 g/mol. The second-order valence-corrected chi connectivity index (χ2v) is 12.2. The fourth-order valence-electron chi connectivity index (χ4n) is 4.02. The molecule has 2 heterocycles. The minimum Gasteiger partial charge on any atom is -0.478 e. The van der Waals surface area contributed by atoms with Gasteiger partial charge in [0.05, 0.1) is 5.56 Å². The standard InChI is InChI=1S/C13H17ClN2O.C13H18N2O2.3CH4.Cl2OS/c1-15-6-8-16(9-7-15)10-11-2-4-12(5-3-11)13(14)17;1-14-6-8-15(9-7-14)10-11-2-4-12(5-3-11)13(16)17;;;;1-4(2)3/h2-5H,6-10H2,1H3;2-5H,6-10H2,1H3,(H,16,17);3*1H4;. The maximum atomic E-state index is 10.9. The van der Waals surface area contributed by atoms with Crippen molar-refractivity contribution in [1.29, 1.82) is 0 Å². The molecular formula is C29H47Cl3N4O4S. The van der Waals surface area contributed by atoms with Crippen molar-refractivity contribution in [2.45, 2.75) is 35.4 Å². The third kappa shape index (κ3) is 17.2. The number of halogens is 3. The first-order valence-electron chi connectivity index (χ1n) is 12.2. The molecule has 0 radical (unpaired) electrons. The fraction of sp³-hybridized carbons (Fsp3) is 0.517. The number of carbonyl (C=O) groups excluding carboxylic acids is 1. The quantitative estimate of drug-likeness (QED) is 0.386. The van der Waals surface area contributed by atoms with Gasteiger partial charge in [-0.05, 0) is 61.1 Å². The number of carboxylic acids is 1. The number of hydrogen-bond acceptors (Lipinski definition) is 7. The molecule has 0 spiro atoms. The molecule has 2 saturated heterocycles. The van der Waals surface area contributed by atoms with Gasteiger partial charge in [0.15, 0.2) is 0 Å². The van der Waals surface area contributed by atoms with Gasteiger partial charge in [-0.25, -0.2) is 9.00 Å². The van der Waals surface area contributed by atoms with Gasteiger partial charge in [0.25, 0.3) is 5.24 Å². The number of carboxylic acid groups (broad SMARTS) is 1. The smallest absolute Gasteiger partial charge is 0.335 e. The van der Waals surface area contributed by atoms with E-state index in [-0.39, 0.29) is 22.3 Å². The van der Waals surface area contributed by atoms with E-state index in [0.717, 1.165) is 65.4 Å². The van der Waals surface area contributed by atoms with E-state index in [9.17, 15) is 9.59 Å². The molecule has 8 nitrogen and oxygen atoms in total. The normalized spacial score (nSPS) is 16.0. The summed E-state index contributed by atoms with van der Waals surface area (Å²) < 4.78 is 9.09. The van der Waals surface area contributed by atoms with Crippen molar-refractivity contribution in [2.24, 2.45) is 0 Å². The Morgan fingerprint density at radius 1 is 0.683 bits per heavy atom. The third-order valence-corrected chi connectivity index (χ3v) is 6.60. The van der Waals surface area contributed by atoms with Crippen molar-refractivity contribution < 1.29 is 18.9 Å². The number of piperazine rings is 2. The van der Waals surface area contributed by atoms with Crippen LogP contribution >= 0.6 is 33.0 Å². The Labute approximate surface area is 263 Å². The zero-order valence-electron chi connectivity index (χ0n) is 21.7. The lowest BCUT2D eigenvalue weighted by Gasteiger charge is -2.32. The van der Waals surface area contributed by atoms with Crippen LogP contribution in [-0.2, 0) is 22.3 Å². The minimum atomic E-state index is -1.67. The highest BCUT2D eigenvalue weighted by atomic mass is 36.0. The number of carbonyl (C=O) groups is 2. The molecule has 234 valence electrons. The fourth-order valence-corrected chi connectivity index (χ4v) is 4.15. The number of nitrogens with zero attached hydrogens (tertiary/aromatic N) is 4. The Morgan fingerprint density at radius 3 is 1.24 bits per heavy atom. The van der Waals surface area contributed by atoms with Crippen LogP contribution in [0.5, 0.6) is 0 Å². The molecule has 2 aromatic rings. The summed E-state index contributed by atoms with van der Waals surface area (Å²) in [7, 11) is 11.6. The van der Waals surface area contributed by atoms with E-state index in [1.54, 1.807) is 24.3 Å². The Bertz CT molecular complexity index is 948.